The summed E-state index contributed by atoms with van der Waals surface area (Å²) in [6.45, 7) is 1.63. The maximum Gasteiger partial charge on any atom is 0.264 e. The molecule has 0 aromatic heterocycles. The van der Waals surface area contributed by atoms with Crippen molar-refractivity contribution in [1.82, 2.24) is 4.90 Å². The van der Waals surface area contributed by atoms with Gasteiger partial charge in [0.15, 0.2) is 0 Å². The number of hydrogen-bond donors (Lipinski definition) is 0. The van der Waals surface area contributed by atoms with E-state index in [9.17, 15) is 13.2 Å². The molecule has 1 aliphatic carbocycles. The second-order valence-electron chi connectivity index (χ2n) is 7.25. The molecule has 1 saturated carbocycles. The number of rotatable bonds is 6. The van der Waals surface area contributed by atoms with Gasteiger partial charge in [0.05, 0.1) is 10.6 Å². The van der Waals surface area contributed by atoms with Crippen molar-refractivity contribution >= 4 is 33.2 Å². The second kappa shape index (κ2) is 8.53. The lowest BCUT2D eigenvalue weighted by atomic mass is 10.2. The Bertz CT molecular complexity index is 938. The number of carbonyl (C=O) groups excluding carboxylic acids is 1. The van der Waals surface area contributed by atoms with E-state index in [1.807, 2.05) is 6.92 Å². The van der Waals surface area contributed by atoms with E-state index < -0.39 is 10.0 Å². The number of carbonyl (C=O) groups is 1. The minimum atomic E-state index is -3.91. The van der Waals surface area contributed by atoms with Crippen molar-refractivity contribution in [3.8, 4) is 0 Å². The van der Waals surface area contributed by atoms with Crippen LogP contribution in [0.1, 0.15) is 31.2 Å². The molecular weight excluding hydrogens is 396 g/mol. The van der Waals surface area contributed by atoms with Crippen LogP contribution in [0.25, 0.3) is 0 Å². The van der Waals surface area contributed by atoms with Crippen LogP contribution in [0, 0.1) is 6.92 Å². The van der Waals surface area contributed by atoms with Crippen LogP contribution >= 0.6 is 11.6 Å². The van der Waals surface area contributed by atoms with Crippen molar-refractivity contribution in [2.75, 3.05) is 17.9 Å². The summed E-state index contributed by atoms with van der Waals surface area (Å²) < 4.78 is 27.8. The quantitative estimate of drug-likeness (QED) is 0.702. The van der Waals surface area contributed by atoms with E-state index in [2.05, 4.69) is 0 Å². The van der Waals surface area contributed by atoms with Crippen molar-refractivity contribution < 1.29 is 13.2 Å². The number of nitrogens with zero attached hydrogens (tertiary/aromatic N) is 2. The van der Waals surface area contributed by atoms with Gasteiger partial charge in [-0.2, -0.15) is 0 Å². The van der Waals surface area contributed by atoms with Gasteiger partial charge in [-0.25, -0.2) is 8.42 Å². The zero-order valence-corrected chi connectivity index (χ0v) is 17.7. The summed E-state index contributed by atoms with van der Waals surface area (Å²) in [6, 6.07) is 13.4. The highest BCUT2D eigenvalue weighted by Crippen LogP contribution is 2.28. The van der Waals surface area contributed by atoms with Crippen molar-refractivity contribution in [3.63, 3.8) is 0 Å². The summed E-state index contributed by atoms with van der Waals surface area (Å²) in [6.07, 6.45) is 4.12. The molecule has 1 amide bonds. The molecule has 0 saturated heterocycles. The minimum absolute atomic E-state index is 0.148. The molecule has 2 aromatic carbocycles. The van der Waals surface area contributed by atoms with Crippen molar-refractivity contribution in [1.29, 1.82) is 0 Å². The molecule has 0 N–H and O–H groups in total. The smallest absolute Gasteiger partial charge is 0.264 e. The first-order chi connectivity index (χ1) is 13.3. The van der Waals surface area contributed by atoms with E-state index in [1.54, 1.807) is 60.5 Å². The van der Waals surface area contributed by atoms with Crippen LogP contribution in [-0.4, -0.2) is 38.9 Å². The molecule has 0 unspecified atom stereocenters. The summed E-state index contributed by atoms with van der Waals surface area (Å²) in [5.74, 6) is -0.220. The molecule has 28 heavy (non-hydrogen) atoms. The van der Waals surface area contributed by atoms with Gasteiger partial charge in [0.25, 0.3) is 10.0 Å². The summed E-state index contributed by atoms with van der Waals surface area (Å²) in [7, 11) is -2.16. The maximum absolute atomic E-state index is 13.3. The van der Waals surface area contributed by atoms with Crippen molar-refractivity contribution in [2.24, 2.45) is 0 Å². The number of aryl methyl sites for hydroxylation is 1. The molecule has 0 radical (unpaired) electrons. The van der Waals surface area contributed by atoms with Crippen LogP contribution in [0.2, 0.25) is 5.02 Å². The molecule has 150 valence electrons. The fourth-order valence-corrected chi connectivity index (χ4v) is 5.10. The molecule has 0 spiro atoms. The number of amides is 1. The van der Waals surface area contributed by atoms with Crippen LogP contribution in [0.4, 0.5) is 5.69 Å². The fourth-order valence-electron chi connectivity index (χ4n) is 3.51. The van der Waals surface area contributed by atoms with Gasteiger partial charge < -0.3 is 4.90 Å². The van der Waals surface area contributed by atoms with Gasteiger partial charge in [-0.1, -0.05) is 48.2 Å². The molecule has 0 bridgehead atoms. The highest BCUT2D eigenvalue weighted by molar-refractivity contribution is 7.92. The number of sulfonamides is 1. The van der Waals surface area contributed by atoms with Crippen LogP contribution in [0.5, 0.6) is 0 Å². The lowest BCUT2D eigenvalue weighted by Crippen LogP contribution is -2.44. The maximum atomic E-state index is 13.3. The van der Waals surface area contributed by atoms with E-state index in [0.29, 0.717) is 10.7 Å². The molecule has 0 heterocycles. The van der Waals surface area contributed by atoms with Crippen molar-refractivity contribution in [3.05, 3.63) is 59.1 Å². The predicted molar refractivity (Wildman–Crippen MR) is 112 cm³/mol. The Morgan fingerprint density at radius 1 is 1.11 bits per heavy atom. The number of anilines is 1. The van der Waals surface area contributed by atoms with Gasteiger partial charge in [0, 0.05) is 18.1 Å². The van der Waals surface area contributed by atoms with Gasteiger partial charge in [0.1, 0.15) is 6.54 Å². The third-order valence-electron chi connectivity index (χ3n) is 5.25. The van der Waals surface area contributed by atoms with E-state index in [0.717, 1.165) is 35.6 Å². The molecule has 1 fully saturated rings. The number of hydrogen-bond acceptors (Lipinski definition) is 3. The largest absolute Gasteiger partial charge is 0.341 e. The number of likely N-dealkylation sites (N-methyl/N-ethyl adjacent to an activating group) is 1. The Kier molecular flexibility index (Phi) is 6.30. The molecule has 0 atom stereocenters. The van der Waals surface area contributed by atoms with Crippen LogP contribution in [0.15, 0.2) is 53.4 Å². The lowest BCUT2D eigenvalue weighted by Gasteiger charge is -2.29. The minimum Gasteiger partial charge on any atom is -0.341 e. The number of halogens is 1. The monoisotopic (exact) mass is 420 g/mol. The van der Waals surface area contributed by atoms with Gasteiger partial charge in [-0.3, -0.25) is 9.10 Å². The Morgan fingerprint density at radius 2 is 1.75 bits per heavy atom. The van der Waals surface area contributed by atoms with Crippen LogP contribution in [0.3, 0.4) is 0 Å². The summed E-state index contributed by atoms with van der Waals surface area (Å²) >= 11 is 6.09. The summed E-state index contributed by atoms with van der Waals surface area (Å²) in [5.41, 5.74) is 1.34. The molecule has 2 aromatic rings. The standard InChI is InChI=1S/C21H25ClN2O3S/c1-16-10-12-20(13-11-16)28(26,27)24(19-9-5-6-17(22)14-19)15-21(25)23(2)18-7-3-4-8-18/h5-6,9-14,18H,3-4,7-8,15H2,1-2H3. The topological polar surface area (TPSA) is 57.7 Å². The Labute approximate surface area is 172 Å². The number of benzene rings is 2. The first-order valence-corrected chi connectivity index (χ1v) is 11.2. The SMILES string of the molecule is Cc1ccc(S(=O)(=O)N(CC(=O)N(C)C2CCCC2)c2cccc(Cl)c2)cc1. The van der Waals surface area contributed by atoms with Gasteiger partial charge in [-0.15, -0.1) is 0 Å². The van der Waals surface area contributed by atoms with E-state index >= 15 is 0 Å². The van der Waals surface area contributed by atoms with Crippen LogP contribution in [-0.2, 0) is 14.8 Å². The third-order valence-corrected chi connectivity index (χ3v) is 7.27. The third kappa shape index (κ3) is 4.50. The second-order valence-corrected chi connectivity index (χ2v) is 9.55. The fraction of sp³-hybridized carbons (Fsp3) is 0.381. The Morgan fingerprint density at radius 3 is 2.36 bits per heavy atom. The predicted octanol–water partition coefficient (Wildman–Crippen LogP) is 4.24. The average molecular weight is 421 g/mol. The molecule has 1 aliphatic rings. The Hall–Kier alpha value is -2.05. The first-order valence-electron chi connectivity index (χ1n) is 9.39. The highest BCUT2D eigenvalue weighted by Gasteiger charge is 2.30. The van der Waals surface area contributed by atoms with Gasteiger partial charge in [0.2, 0.25) is 5.91 Å². The lowest BCUT2D eigenvalue weighted by molar-refractivity contribution is -0.130. The van der Waals surface area contributed by atoms with E-state index in [4.69, 9.17) is 11.6 Å². The van der Waals surface area contributed by atoms with Crippen LogP contribution < -0.4 is 4.31 Å². The summed E-state index contributed by atoms with van der Waals surface area (Å²) in [5, 5.41) is 0.415. The first kappa shape index (κ1) is 20.7. The zero-order chi connectivity index (χ0) is 20.3. The van der Waals surface area contributed by atoms with Gasteiger partial charge >= 0.3 is 0 Å². The highest BCUT2D eigenvalue weighted by atomic mass is 35.5. The van der Waals surface area contributed by atoms with Gasteiger partial charge in [-0.05, 0) is 50.1 Å². The average Bonchev–Trinajstić information content (AvgIpc) is 3.20. The normalized spacial score (nSPS) is 14.8. The molecule has 0 aliphatic heterocycles. The zero-order valence-electron chi connectivity index (χ0n) is 16.1. The Balaban J connectivity index is 1.95. The van der Waals surface area contributed by atoms with Crippen molar-refractivity contribution in [2.45, 2.75) is 43.5 Å². The van der Waals surface area contributed by atoms with E-state index in [1.165, 1.54) is 0 Å². The molecule has 3 rings (SSSR count). The molecular formula is C21H25ClN2O3S. The van der Waals surface area contributed by atoms with E-state index in [-0.39, 0.29) is 23.4 Å². The molecule has 7 heteroatoms. The molecule has 5 nitrogen and oxygen atoms in total. The summed E-state index contributed by atoms with van der Waals surface area (Å²) in [4.78, 5) is 14.8.